The average molecular weight is 691 g/mol. The first-order valence-corrected chi connectivity index (χ1v) is 15.3. The quantitative estimate of drug-likeness (QED) is 0.210. The Morgan fingerprint density at radius 1 is 0.891 bits per heavy atom. The van der Waals surface area contributed by atoms with Crippen LogP contribution in [0.1, 0.15) is 70.3 Å². The molecule has 1 saturated heterocycles. The van der Waals surface area contributed by atoms with Crippen LogP contribution in [-0.4, -0.2) is 68.3 Å². The van der Waals surface area contributed by atoms with E-state index in [2.05, 4.69) is 25.3 Å². The minimum atomic E-state index is -4.78. The van der Waals surface area contributed by atoms with Gasteiger partial charge in [0.25, 0.3) is 0 Å². The van der Waals surface area contributed by atoms with E-state index in [-0.39, 0.29) is 54.4 Å². The molecule has 1 aromatic carbocycles. The number of nitrogens with two attached hydrogens (primary N) is 1. The number of imidazole rings is 1. The molecule has 0 radical (unpaired) electrons. The molecule has 3 fully saturated rings. The molecule has 17 heteroatoms. The normalized spacial score (nSPS) is 21.2. The van der Waals surface area contributed by atoms with Gasteiger partial charge in [-0.25, -0.2) is 9.78 Å². The van der Waals surface area contributed by atoms with Crippen LogP contribution < -0.4 is 26.4 Å². The minimum Gasteiger partial charge on any atom is -0.406 e. The Balaban J connectivity index is 0.00000240. The van der Waals surface area contributed by atoms with E-state index in [0.29, 0.717) is 43.7 Å². The third kappa shape index (κ3) is 9.17. The number of amides is 1. The van der Waals surface area contributed by atoms with Crippen molar-refractivity contribution in [2.45, 2.75) is 94.7 Å². The lowest BCUT2D eigenvalue weighted by atomic mass is 9.92. The highest BCUT2D eigenvalue weighted by Gasteiger charge is 2.31. The van der Waals surface area contributed by atoms with E-state index >= 15 is 0 Å². The van der Waals surface area contributed by atoms with Gasteiger partial charge in [0.05, 0.1) is 6.33 Å². The summed E-state index contributed by atoms with van der Waals surface area (Å²) in [7, 11) is 0. The summed E-state index contributed by atoms with van der Waals surface area (Å²) in [5.74, 6) is 0.909. The van der Waals surface area contributed by atoms with Crippen LogP contribution in [0.2, 0.25) is 0 Å². The van der Waals surface area contributed by atoms with Gasteiger partial charge in [-0.15, -0.1) is 43.0 Å². The number of anilines is 3. The summed E-state index contributed by atoms with van der Waals surface area (Å²) in [6, 6.07) is 5.85. The molecule has 0 atom stereocenters. The fourth-order valence-corrected chi connectivity index (χ4v) is 6.26. The van der Waals surface area contributed by atoms with Crippen LogP contribution in [0.25, 0.3) is 11.2 Å². The Kier molecular flexibility index (Phi) is 12.0. The Morgan fingerprint density at radius 2 is 1.54 bits per heavy atom. The second-order valence-electron chi connectivity index (χ2n) is 11.8. The van der Waals surface area contributed by atoms with Gasteiger partial charge < -0.3 is 30.5 Å². The average Bonchev–Trinajstić information content (AvgIpc) is 3.66. The van der Waals surface area contributed by atoms with E-state index in [1.165, 1.54) is 25.0 Å². The third-order valence-electron chi connectivity index (χ3n) is 8.59. The standard InChI is InChI=1S/C29H38F3N9O3.2ClH/c30-29(31,32)43-23-11-9-20(10-12-23)37-28(42)44-40-15-13-21(14-16-40)35-25-24-26(41(17-34-24)22-3-1-2-4-22)39-27(38-25)36-19-7-5-18(33)6-8-19;;/h9-12,17-19,21-22H,1-8,13-16,33H2,(H,37,42)(H2,35,36,38,39);2*1H/t18-,19-;;. The monoisotopic (exact) mass is 689 g/mol. The number of nitrogens with one attached hydrogen (secondary N) is 3. The molecule has 12 nitrogen and oxygen atoms in total. The number of aromatic nitrogens is 4. The van der Waals surface area contributed by atoms with E-state index in [1.54, 1.807) is 5.06 Å². The zero-order valence-corrected chi connectivity index (χ0v) is 26.8. The van der Waals surface area contributed by atoms with Gasteiger partial charge in [0.1, 0.15) is 5.75 Å². The Bertz CT molecular complexity index is 1430. The number of hydrogen-bond acceptors (Lipinski definition) is 10. The molecule has 0 unspecified atom stereocenters. The summed E-state index contributed by atoms with van der Waals surface area (Å²) in [6.45, 7) is 0.975. The number of ether oxygens (including phenoxy) is 1. The number of carbonyl (C=O) groups excluding carboxylic acids is 1. The van der Waals surface area contributed by atoms with Crippen LogP contribution in [0, 0.1) is 0 Å². The molecule has 46 heavy (non-hydrogen) atoms. The topological polar surface area (TPSA) is 144 Å². The molecule has 3 aliphatic rings. The summed E-state index contributed by atoms with van der Waals surface area (Å²) < 4.78 is 43.1. The lowest BCUT2D eigenvalue weighted by Crippen LogP contribution is -2.41. The van der Waals surface area contributed by atoms with Crippen molar-refractivity contribution in [3.63, 3.8) is 0 Å². The van der Waals surface area contributed by atoms with Gasteiger partial charge >= 0.3 is 12.5 Å². The highest BCUT2D eigenvalue weighted by molar-refractivity contribution is 5.86. The molecule has 5 N–H and O–H groups in total. The molecule has 2 aliphatic carbocycles. The summed E-state index contributed by atoms with van der Waals surface area (Å²) in [5.41, 5.74) is 7.98. The SMILES string of the molecule is Cl.Cl.N[C@H]1CC[C@H](Nc2nc(NC3CCN(OC(=O)Nc4ccc(OC(F)(F)F)cc4)CC3)c3ncn(C4CCCC4)c3n2)CC1. The lowest BCUT2D eigenvalue weighted by molar-refractivity contribution is -0.274. The smallest absolute Gasteiger partial charge is 0.406 e. The Labute approximate surface area is 277 Å². The van der Waals surface area contributed by atoms with Gasteiger partial charge in [0.2, 0.25) is 5.95 Å². The van der Waals surface area contributed by atoms with E-state index in [1.807, 2.05) is 6.33 Å². The summed E-state index contributed by atoms with van der Waals surface area (Å²) in [4.78, 5) is 32.3. The molecule has 3 heterocycles. The number of hydrogen-bond donors (Lipinski definition) is 4. The maximum absolute atomic E-state index is 12.4. The fraction of sp³-hybridized carbons (Fsp3) is 0.586. The van der Waals surface area contributed by atoms with Crippen molar-refractivity contribution >= 4 is 59.5 Å². The van der Waals surface area contributed by atoms with Gasteiger partial charge in [-0.3, -0.25) is 5.32 Å². The first-order valence-electron chi connectivity index (χ1n) is 15.3. The van der Waals surface area contributed by atoms with Crippen molar-refractivity contribution in [2.24, 2.45) is 5.73 Å². The molecule has 0 bridgehead atoms. The van der Waals surface area contributed by atoms with Crippen LogP contribution in [0.4, 0.5) is 35.4 Å². The van der Waals surface area contributed by atoms with Crippen molar-refractivity contribution in [3.05, 3.63) is 30.6 Å². The number of carbonyl (C=O) groups is 1. The number of benzene rings is 1. The largest absolute Gasteiger partial charge is 0.573 e. The van der Waals surface area contributed by atoms with Gasteiger partial charge in [0.15, 0.2) is 17.0 Å². The molecule has 2 aromatic heterocycles. The van der Waals surface area contributed by atoms with Crippen molar-refractivity contribution in [2.75, 3.05) is 29.0 Å². The Morgan fingerprint density at radius 3 is 2.20 bits per heavy atom. The number of fused-ring (bicyclic) bond motifs is 1. The van der Waals surface area contributed by atoms with Crippen LogP contribution in [0.3, 0.4) is 0 Å². The number of nitrogens with zero attached hydrogens (tertiary/aromatic N) is 5. The van der Waals surface area contributed by atoms with Gasteiger partial charge in [-0.1, -0.05) is 12.8 Å². The van der Waals surface area contributed by atoms with Crippen molar-refractivity contribution in [1.29, 1.82) is 0 Å². The molecule has 0 spiro atoms. The van der Waals surface area contributed by atoms with Crippen molar-refractivity contribution in [3.8, 4) is 5.75 Å². The third-order valence-corrected chi connectivity index (χ3v) is 8.59. The van der Waals surface area contributed by atoms with E-state index < -0.39 is 12.5 Å². The molecule has 6 rings (SSSR count). The molecular weight excluding hydrogens is 650 g/mol. The fourth-order valence-electron chi connectivity index (χ4n) is 6.26. The van der Waals surface area contributed by atoms with Crippen molar-refractivity contribution < 1.29 is 27.5 Å². The molecule has 3 aromatic rings. The molecular formula is C29H40Cl2F3N9O3. The molecule has 2 saturated carbocycles. The first-order chi connectivity index (χ1) is 21.2. The van der Waals surface area contributed by atoms with Crippen LogP contribution in [0.5, 0.6) is 5.75 Å². The van der Waals surface area contributed by atoms with Crippen LogP contribution in [0.15, 0.2) is 30.6 Å². The van der Waals surface area contributed by atoms with Gasteiger partial charge in [-0.2, -0.15) is 9.97 Å². The predicted molar refractivity (Wildman–Crippen MR) is 173 cm³/mol. The van der Waals surface area contributed by atoms with E-state index in [0.717, 1.165) is 61.8 Å². The number of piperidine rings is 1. The van der Waals surface area contributed by atoms with Crippen LogP contribution >= 0.6 is 24.8 Å². The van der Waals surface area contributed by atoms with Gasteiger partial charge in [0, 0.05) is 42.9 Å². The molecule has 254 valence electrons. The number of alkyl halides is 3. The second-order valence-corrected chi connectivity index (χ2v) is 11.8. The highest BCUT2D eigenvalue weighted by atomic mass is 35.5. The number of halogens is 5. The maximum Gasteiger partial charge on any atom is 0.573 e. The lowest BCUT2D eigenvalue weighted by Gasteiger charge is -2.31. The highest BCUT2D eigenvalue weighted by Crippen LogP contribution is 2.34. The molecule has 1 amide bonds. The second kappa shape index (κ2) is 15.5. The van der Waals surface area contributed by atoms with Crippen LogP contribution in [-0.2, 0) is 4.84 Å². The first kappa shape index (κ1) is 35.6. The maximum atomic E-state index is 12.4. The van der Waals surface area contributed by atoms with E-state index in [4.69, 9.17) is 25.5 Å². The number of rotatable bonds is 8. The zero-order chi connectivity index (χ0) is 30.7. The summed E-state index contributed by atoms with van der Waals surface area (Å²) >= 11 is 0. The Hall–Kier alpha value is -3.27. The minimum absolute atomic E-state index is 0. The van der Waals surface area contributed by atoms with Crippen molar-refractivity contribution in [1.82, 2.24) is 24.6 Å². The summed E-state index contributed by atoms with van der Waals surface area (Å²) in [5, 5.41) is 11.2. The predicted octanol–water partition coefficient (Wildman–Crippen LogP) is 6.41. The summed E-state index contributed by atoms with van der Waals surface area (Å²) in [6.07, 6.45) is 6.32. The molecule has 1 aliphatic heterocycles. The van der Waals surface area contributed by atoms with Gasteiger partial charge in [-0.05, 0) is 75.6 Å². The zero-order valence-electron chi connectivity index (χ0n) is 25.2. The number of hydroxylamine groups is 2. The van der Waals surface area contributed by atoms with E-state index in [9.17, 15) is 18.0 Å².